The average Bonchev–Trinajstić information content (AvgIpc) is 2.49. The summed E-state index contributed by atoms with van der Waals surface area (Å²) < 4.78 is 0.584. The molecule has 0 saturated carbocycles. The van der Waals surface area contributed by atoms with Crippen molar-refractivity contribution in [2.75, 3.05) is 5.32 Å². The van der Waals surface area contributed by atoms with Crippen LogP contribution in [-0.4, -0.2) is 17.0 Å². The fourth-order valence-electron chi connectivity index (χ4n) is 1.78. The molecule has 0 heterocycles. The summed E-state index contributed by atoms with van der Waals surface area (Å²) in [5, 5.41) is 11.6. The van der Waals surface area contributed by atoms with E-state index in [0.29, 0.717) is 15.7 Å². The van der Waals surface area contributed by atoms with E-state index in [0.717, 1.165) is 0 Å². The number of rotatable bonds is 4. The Balaban J connectivity index is 2.20. The zero-order valence-electron chi connectivity index (χ0n) is 10.9. The van der Waals surface area contributed by atoms with Crippen molar-refractivity contribution in [1.29, 1.82) is 0 Å². The van der Waals surface area contributed by atoms with Gasteiger partial charge in [-0.05, 0) is 39.7 Å². The molecule has 0 bridgehead atoms. The maximum absolute atomic E-state index is 12.1. The number of carbonyl (C=O) groups is 2. The van der Waals surface area contributed by atoms with Crippen LogP contribution in [0.1, 0.15) is 22.0 Å². The van der Waals surface area contributed by atoms with Crippen LogP contribution in [0.5, 0.6) is 0 Å². The van der Waals surface area contributed by atoms with Crippen LogP contribution < -0.4 is 11.1 Å². The smallest absolute Gasteiger partial charge is 0.335 e. The quantitative estimate of drug-likeness (QED) is 0.791. The number of halogens is 1. The molecule has 0 aromatic heterocycles. The summed E-state index contributed by atoms with van der Waals surface area (Å²) >= 11 is 3.26. The van der Waals surface area contributed by atoms with E-state index in [-0.39, 0.29) is 5.56 Å². The topological polar surface area (TPSA) is 92.4 Å². The molecule has 5 nitrogen and oxygen atoms in total. The third kappa shape index (κ3) is 3.68. The molecule has 0 aliphatic rings. The second kappa shape index (κ2) is 6.51. The number of hydrogen-bond acceptors (Lipinski definition) is 3. The second-order valence-corrected chi connectivity index (χ2v) is 5.23. The van der Waals surface area contributed by atoms with E-state index in [4.69, 9.17) is 10.8 Å². The Kier molecular flexibility index (Phi) is 4.72. The van der Waals surface area contributed by atoms with Gasteiger partial charge in [-0.25, -0.2) is 4.79 Å². The van der Waals surface area contributed by atoms with Gasteiger partial charge in [0.2, 0.25) is 5.91 Å². The van der Waals surface area contributed by atoms with E-state index in [2.05, 4.69) is 21.2 Å². The summed E-state index contributed by atoms with van der Waals surface area (Å²) in [7, 11) is 0. The van der Waals surface area contributed by atoms with Gasteiger partial charge in [0.15, 0.2) is 0 Å². The van der Waals surface area contributed by atoms with Crippen molar-refractivity contribution in [3.05, 3.63) is 64.1 Å². The van der Waals surface area contributed by atoms with Crippen molar-refractivity contribution >= 4 is 33.5 Å². The molecule has 6 heteroatoms. The van der Waals surface area contributed by atoms with Gasteiger partial charge in [0.1, 0.15) is 6.04 Å². The number of nitrogens with one attached hydrogen (secondary N) is 1. The Morgan fingerprint density at radius 3 is 2.43 bits per heavy atom. The molecular formula is C15H13BrN2O3. The summed E-state index contributed by atoms with van der Waals surface area (Å²) in [6, 6.07) is 12.5. The van der Waals surface area contributed by atoms with Crippen LogP contribution in [-0.2, 0) is 4.79 Å². The highest BCUT2D eigenvalue weighted by molar-refractivity contribution is 9.10. The normalized spacial score (nSPS) is 11.7. The van der Waals surface area contributed by atoms with Crippen LogP contribution in [0.25, 0.3) is 0 Å². The molecule has 0 fully saturated rings. The molecule has 0 spiro atoms. The lowest BCUT2D eigenvalue weighted by atomic mass is 10.1. The zero-order valence-corrected chi connectivity index (χ0v) is 12.5. The lowest BCUT2D eigenvalue weighted by Crippen LogP contribution is -2.27. The second-order valence-electron chi connectivity index (χ2n) is 4.38. The molecule has 0 aliphatic heterocycles. The van der Waals surface area contributed by atoms with Crippen molar-refractivity contribution in [3.8, 4) is 0 Å². The summed E-state index contributed by atoms with van der Waals surface area (Å²) in [4.78, 5) is 23.1. The van der Waals surface area contributed by atoms with Gasteiger partial charge in [-0.1, -0.05) is 30.3 Å². The third-order valence-corrected chi connectivity index (χ3v) is 3.60. The van der Waals surface area contributed by atoms with Crippen LogP contribution in [0.2, 0.25) is 0 Å². The number of carboxylic acid groups (broad SMARTS) is 1. The van der Waals surface area contributed by atoms with Gasteiger partial charge < -0.3 is 16.2 Å². The average molecular weight is 349 g/mol. The van der Waals surface area contributed by atoms with E-state index in [1.165, 1.54) is 12.1 Å². The summed E-state index contributed by atoms with van der Waals surface area (Å²) in [6.45, 7) is 0. The van der Waals surface area contributed by atoms with Crippen molar-refractivity contribution in [1.82, 2.24) is 0 Å². The summed E-state index contributed by atoms with van der Waals surface area (Å²) in [5.41, 5.74) is 7.02. The molecular weight excluding hydrogens is 336 g/mol. The highest BCUT2D eigenvalue weighted by Gasteiger charge is 2.17. The van der Waals surface area contributed by atoms with Gasteiger partial charge in [0.05, 0.1) is 11.3 Å². The standard InChI is InChI=1S/C15H13BrN2O3/c16-11-7-6-10(15(20)21)8-12(11)18-14(19)13(17)9-4-2-1-3-5-9/h1-8,13H,17H2,(H,18,19)(H,20,21). The third-order valence-electron chi connectivity index (χ3n) is 2.91. The Labute approximate surface area is 129 Å². The van der Waals surface area contributed by atoms with E-state index >= 15 is 0 Å². The molecule has 21 heavy (non-hydrogen) atoms. The van der Waals surface area contributed by atoms with E-state index in [1.807, 2.05) is 6.07 Å². The minimum atomic E-state index is -1.06. The Bertz CT molecular complexity index is 674. The Morgan fingerprint density at radius 1 is 1.14 bits per heavy atom. The molecule has 2 aromatic rings. The maximum atomic E-state index is 12.1. The van der Waals surface area contributed by atoms with Crippen molar-refractivity contribution < 1.29 is 14.7 Å². The fraction of sp³-hybridized carbons (Fsp3) is 0.0667. The van der Waals surface area contributed by atoms with Crippen molar-refractivity contribution in [3.63, 3.8) is 0 Å². The van der Waals surface area contributed by atoms with Crippen molar-refractivity contribution in [2.24, 2.45) is 5.73 Å². The Hall–Kier alpha value is -2.18. The molecule has 2 aromatic carbocycles. The number of aromatic carboxylic acids is 1. The number of nitrogens with two attached hydrogens (primary N) is 1. The van der Waals surface area contributed by atoms with Crippen LogP contribution in [0.4, 0.5) is 5.69 Å². The minimum Gasteiger partial charge on any atom is -0.478 e. The van der Waals surface area contributed by atoms with Crippen LogP contribution >= 0.6 is 15.9 Å². The predicted molar refractivity (Wildman–Crippen MR) is 83.1 cm³/mol. The van der Waals surface area contributed by atoms with Crippen LogP contribution in [0, 0.1) is 0 Å². The lowest BCUT2D eigenvalue weighted by Gasteiger charge is -2.14. The van der Waals surface area contributed by atoms with Gasteiger partial charge in [0, 0.05) is 4.47 Å². The first-order valence-corrected chi connectivity index (χ1v) is 6.92. The van der Waals surface area contributed by atoms with Crippen LogP contribution in [0.15, 0.2) is 53.0 Å². The number of benzene rings is 2. The Morgan fingerprint density at radius 2 is 1.81 bits per heavy atom. The molecule has 108 valence electrons. The number of anilines is 1. The first-order chi connectivity index (χ1) is 9.99. The molecule has 1 atom stereocenters. The predicted octanol–water partition coefficient (Wildman–Crippen LogP) is 2.79. The first kappa shape index (κ1) is 15.2. The van der Waals surface area contributed by atoms with E-state index < -0.39 is 17.9 Å². The molecule has 0 radical (unpaired) electrons. The highest BCUT2D eigenvalue weighted by Crippen LogP contribution is 2.25. The monoisotopic (exact) mass is 348 g/mol. The SMILES string of the molecule is NC(C(=O)Nc1cc(C(=O)O)ccc1Br)c1ccccc1. The van der Waals surface area contributed by atoms with E-state index in [9.17, 15) is 9.59 Å². The molecule has 4 N–H and O–H groups in total. The van der Waals surface area contributed by atoms with Gasteiger partial charge in [0.25, 0.3) is 0 Å². The van der Waals surface area contributed by atoms with Gasteiger partial charge >= 0.3 is 5.97 Å². The number of carbonyl (C=O) groups excluding carboxylic acids is 1. The van der Waals surface area contributed by atoms with Gasteiger partial charge in [-0.3, -0.25) is 4.79 Å². The molecule has 2 rings (SSSR count). The molecule has 1 unspecified atom stereocenters. The maximum Gasteiger partial charge on any atom is 0.335 e. The number of hydrogen-bond donors (Lipinski definition) is 3. The highest BCUT2D eigenvalue weighted by atomic mass is 79.9. The number of carboxylic acids is 1. The largest absolute Gasteiger partial charge is 0.478 e. The lowest BCUT2D eigenvalue weighted by molar-refractivity contribution is -0.117. The van der Waals surface area contributed by atoms with Crippen LogP contribution in [0.3, 0.4) is 0 Å². The molecule has 0 saturated heterocycles. The first-order valence-electron chi connectivity index (χ1n) is 6.13. The molecule has 0 aliphatic carbocycles. The number of amides is 1. The van der Waals surface area contributed by atoms with Gasteiger partial charge in [-0.15, -0.1) is 0 Å². The van der Waals surface area contributed by atoms with Gasteiger partial charge in [-0.2, -0.15) is 0 Å². The van der Waals surface area contributed by atoms with Crippen molar-refractivity contribution in [2.45, 2.75) is 6.04 Å². The summed E-state index contributed by atoms with van der Waals surface area (Å²) in [6.07, 6.45) is 0. The zero-order chi connectivity index (χ0) is 15.4. The summed E-state index contributed by atoms with van der Waals surface area (Å²) in [5.74, 6) is -1.48. The minimum absolute atomic E-state index is 0.0850. The molecule has 1 amide bonds. The van der Waals surface area contributed by atoms with E-state index in [1.54, 1.807) is 30.3 Å². The fourth-order valence-corrected chi connectivity index (χ4v) is 2.12.